The van der Waals surface area contributed by atoms with Gasteiger partial charge < -0.3 is 4.42 Å². The highest BCUT2D eigenvalue weighted by Crippen LogP contribution is 2.48. The van der Waals surface area contributed by atoms with E-state index in [0.717, 1.165) is 65.4 Å². The molecule has 0 radical (unpaired) electrons. The lowest BCUT2D eigenvalue weighted by atomic mass is 9.83. The zero-order valence-corrected chi connectivity index (χ0v) is 23.7. The summed E-state index contributed by atoms with van der Waals surface area (Å²) in [6.07, 6.45) is 0. The molecule has 10 aromatic rings. The average Bonchev–Trinajstić information content (AvgIpc) is 3.56. The van der Waals surface area contributed by atoms with Crippen LogP contribution in [0.25, 0.3) is 98.1 Å². The van der Waals surface area contributed by atoms with Gasteiger partial charge in [0.2, 0.25) is 0 Å². The summed E-state index contributed by atoms with van der Waals surface area (Å²) in [6.45, 7) is 0. The topological polar surface area (TPSA) is 13.1 Å². The molecule has 0 spiro atoms. The van der Waals surface area contributed by atoms with E-state index in [1.165, 1.54) is 0 Å². The van der Waals surface area contributed by atoms with E-state index < -0.39 is 42.3 Å². The van der Waals surface area contributed by atoms with Crippen molar-refractivity contribution in [2.75, 3.05) is 0 Å². The largest absolute Gasteiger partial charge is 0.456 e. The van der Waals surface area contributed by atoms with Gasteiger partial charge in [-0.2, -0.15) is 0 Å². The quantitative estimate of drug-likeness (QED) is 0.147. The van der Waals surface area contributed by atoms with Crippen molar-refractivity contribution < 1.29 is 16.8 Å². The molecular formula is C44H26O. The van der Waals surface area contributed by atoms with Crippen LogP contribution in [0.5, 0.6) is 0 Å². The Kier molecular flexibility index (Phi) is 3.59. The van der Waals surface area contributed by atoms with Gasteiger partial charge in [0, 0.05) is 10.8 Å². The van der Waals surface area contributed by atoms with Gasteiger partial charge in [0.1, 0.15) is 11.2 Å². The second-order valence-electron chi connectivity index (χ2n) is 11.3. The van der Waals surface area contributed by atoms with Crippen molar-refractivity contribution in [3.8, 4) is 22.3 Å². The Bertz CT molecular complexity index is 3270. The average molecular weight is 580 g/mol. The lowest BCUT2D eigenvalue weighted by molar-refractivity contribution is 0.669. The molecule has 208 valence electrons. The fourth-order valence-electron chi connectivity index (χ4n) is 7.03. The predicted molar refractivity (Wildman–Crippen MR) is 192 cm³/mol. The number of furan rings is 1. The van der Waals surface area contributed by atoms with E-state index in [1.807, 2.05) is 72.8 Å². The number of hydrogen-bond donors (Lipinski definition) is 0. The molecule has 0 atom stereocenters. The van der Waals surface area contributed by atoms with Crippen molar-refractivity contribution in [2.24, 2.45) is 0 Å². The molecule has 9 aromatic carbocycles. The van der Waals surface area contributed by atoms with Crippen LogP contribution < -0.4 is 0 Å². The molecule has 1 nitrogen and oxygen atoms in total. The van der Waals surface area contributed by atoms with Crippen LogP contribution in [0.1, 0.15) is 12.3 Å². The first-order valence-electron chi connectivity index (χ1n) is 19.3. The maximum Gasteiger partial charge on any atom is 0.136 e. The van der Waals surface area contributed by atoms with Gasteiger partial charge in [0.25, 0.3) is 0 Å². The summed E-state index contributed by atoms with van der Waals surface area (Å²) >= 11 is 0. The van der Waals surface area contributed by atoms with Crippen LogP contribution in [0.15, 0.2) is 162 Å². The summed E-state index contributed by atoms with van der Waals surface area (Å²) in [5.74, 6) is 0. The van der Waals surface area contributed by atoms with E-state index in [-0.39, 0.29) is 39.2 Å². The van der Waals surface area contributed by atoms with Crippen molar-refractivity contribution in [1.29, 1.82) is 0 Å². The molecule has 1 heteroatoms. The van der Waals surface area contributed by atoms with Gasteiger partial charge >= 0.3 is 0 Å². The van der Waals surface area contributed by atoms with E-state index >= 15 is 0 Å². The van der Waals surface area contributed by atoms with Gasteiger partial charge in [-0.05, 0) is 94.3 Å². The monoisotopic (exact) mass is 579 g/mol. The molecule has 0 aliphatic carbocycles. The summed E-state index contributed by atoms with van der Waals surface area (Å²) in [5, 5.41) is 6.88. The molecule has 0 N–H and O–H groups in total. The Labute approximate surface area is 272 Å². The summed E-state index contributed by atoms with van der Waals surface area (Å²) in [6, 6.07) is 29.9. The standard InChI is InChI=1S/C44H26O/c1-2-13-29-26-41-39(25-28(29)12-1)44-38(21-10-22-40(44)45-41)43-36-17-7-5-15-34(36)42(35-16-6-8-18-37(35)43)33-20-9-19-31-30-14-4-3-11-27(30)23-24-32(31)33/h1-26H/i3D,4D,9D,11D,14D,19D,20D,23D,24D. The summed E-state index contributed by atoms with van der Waals surface area (Å²) in [7, 11) is 0. The minimum absolute atomic E-state index is 0.0291. The van der Waals surface area contributed by atoms with E-state index in [0.29, 0.717) is 5.56 Å². The molecule has 0 saturated carbocycles. The second-order valence-corrected chi connectivity index (χ2v) is 11.3. The predicted octanol–water partition coefficient (Wildman–Crippen LogP) is 12.7. The minimum Gasteiger partial charge on any atom is -0.456 e. The molecule has 0 bridgehead atoms. The van der Waals surface area contributed by atoms with Crippen molar-refractivity contribution in [1.82, 2.24) is 0 Å². The highest BCUT2D eigenvalue weighted by molar-refractivity contribution is 6.28. The zero-order valence-electron chi connectivity index (χ0n) is 32.7. The Morgan fingerprint density at radius 3 is 1.78 bits per heavy atom. The first-order chi connectivity index (χ1) is 26.1. The molecule has 1 aromatic heterocycles. The molecule has 0 amide bonds. The first-order valence-corrected chi connectivity index (χ1v) is 14.8. The van der Waals surface area contributed by atoms with E-state index in [4.69, 9.17) is 14.0 Å². The van der Waals surface area contributed by atoms with Crippen LogP contribution >= 0.6 is 0 Å². The van der Waals surface area contributed by atoms with Gasteiger partial charge in [-0.3, -0.25) is 0 Å². The lowest BCUT2D eigenvalue weighted by Crippen LogP contribution is -1.92. The third-order valence-corrected chi connectivity index (χ3v) is 8.94. The van der Waals surface area contributed by atoms with Crippen molar-refractivity contribution in [3.05, 3.63) is 158 Å². The maximum absolute atomic E-state index is 9.40. The van der Waals surface area contributed by atoms with Crippen LogP contribution in [0.3, 0.4) is 0 Å². The Hall–Kier alpha value is -5.92. The highest BCUT2D eigenvalue weighted by Gasteiger charge is 2.21. The fraction of sp³-hybridized carbons (Fsp3) is 0. The van der Waals surface area contributed by atoms with Crippen LogP contribution in [0.2, 0.25) is 0 Å². The molecule has 0 aliphatic heterocycles. The summed E-state index contributed by atoms with van der Waals surface area (Å²) in [5.41, 5.74) is 4.07. The van der Waals surface area contributed by atoms with E-state index in [1.54, 1.807) is 0 Å². The number of hydrogen-bond acceptors (Lipinski definition) is 1. The second kappa shape index (κ2) is 9.29. The van der Waals surface area contributed by atoms with Gasteiger partial charge in [-0.15, -0.1) is 0 Å². The number of benzene rings is 9. The Balaban J connectivity index is 1.41. The summed E-state index contributed by atoms with van der Waals surface area (Å²) < 4.78 is 86.6. The van der Waals surface area contributed by atoms with Crippen molar-refractivity contribution >= 4 is 75.8 Å². The van der Waals surface area contributed by atoms with Gasteiger partial charge in [-0.1, -0.05) is 139 Å². The number of rotatable bonds is 2. The van der Waals surface area contributed by atoms with Crippen LogP contribution in [-0.4, -0.2) is 0 Å². The van der Waals surface area contributed by atoms with E-state index in [9.17, 15) is 2.74 Å². The maximum atomic E-state index is 9.40. The molecule has 0 saturated heterocycles. The molecule has 0 aliphatic rings. The Morgan fingerprint density at radius 2 is 1.02 bits per heavy atom. The van der Waals surface area contributed by atoms with Gasteiger partial charge in [0.05, 0.1) is 12.3 Å². The van der Waals surface area contributed by atoms with Crippen molar-refractivity contribution in [3.63, 3.8) is 0 Å². The zero-order chi connectivity index (χ0) is 37.3. The van der Waals surface area contributed by atoms with Gasteiger partial charge in [0.15, 0.2) is 0 Å². The summed E-state index contributed by atoms with van der Waals surface area (Å²) in [4.78, 5) is 0. The SMILES string of the molecule is [2H]c1c([2H])c([2H])c2c(c1[2H])c([2H])c([2H])c1c(-c3c4ccccc4c(-c4cccc5oc6cc7ccccc7cc6c45)c4ccccc34)c([2H])c([2H])c([2H])c12. The third kappa shape index (κ3) is 3.50. The van der Waals surface area contributed by atoms with Crippen LogP contribution in [0.4, 0.5) is 0 Å². The number of fused-ring (bicyclic) bond motifs is 9. The molecule has 0 unspecified atom stereocenters. The van der Waals surface area contributed by atoms with Crippen LogP contribution in [0, 0.1) is 0 Å². The van der Waals surface area contributed by atoms with E-state index in [2.05, 4.69) is 30.3 Å². The molecule has 45 heavy (non-hydrogen) atoms. The molecule has 0 fully saturated rings. The smallest absolute Gasteiger partial charge is 0.136 e. The third-order valence-electron chi connectivity index (χ3n) is 8.94. The fourth-order valence-corrected chi connectivity index (χ4v) is 7.03. The highest BCUT2D eigenvalue weighted by atomic mass is 16.3. The minimum atomic E-state index is -0.545. The molecule has 1 heterocycles. The Morgan fingerprint density at radius 1 is 0.378 bits per heavy atom. The molecule has 10 rings (SSSR count). The van der Waals surface area contributed by atoms with Gasteiger partial charge in [-0.25, -0.2) is 0 Å². The van der Waals surface area contributed by atoms with Crippen molar-refractivity contribution in [2.45, 2.75) is 0 Å². The first kappa shape index (κ1) is 17.4. The van der Waals surface area contributed by atoms with Crippen LogP contribution in [-0.2, 0) is 0 Å². The molecular weight excluding hydrogens is 544 g/mol. The lowest BCUT2D eigenvalue weighted by Gasteiger charge is -2.19. The normalized spacial score (nSPS) is 14.8.